The second-order valence-corrected chi connectivity index (χ2v) is 10.6. The number of halogens is 1. The number of rotatable bonds is 6. The van der Waals surface area contributed by atoms with Crippen molar-refractivity contribution < 1.29 is 9.53 Å². The Kier molecular flexibility index (Phi) is 6.31. The van der Waals surface area contributed by atoms with Crippen molar-refractivity contribution in [2.45, 2.75) is 69.7 Å². The number of likely N-dealkylation sites (tertiary alicyclic amines) is 1. The number of ketones is 1. The van der Waals surface area contributed by atoms with E-state index >= 15 is 0 Å². The molecule has 1 heterocycles. The van der Waals surface area contributed by atoms with Crippen LogP contribution >= 0.6 is 11.6 Å². The van der Waals surface area contributed by atoms with E-state index in [1.165, 1.54) is 49.8 Å². The topological polar surface area (TPSA) is 29.5 Å². The normalized spacial score (nSPS) is 25.1. The summed E-state index contributed by atoms with van der Waals surface area (Å²) in [5, 5.41) is 0.818. The molecule has 1 aliphatic heterocycles. The van der Waals surface area contributed by atoms with Gasteiger partial charge in [0, 0.05) is 41.8 Å². The van der Waals surface area contributed by atoms with E-state index in [0.717, 1.165) is 35.9 Å². The van der Waals surface area contributed by atoms with Crippen molar-refractivity contribution in [3.8, 4) is 5.75 Å². The van der Waals surface area contributed by atoms with Crippen molar-refractivity contribution in [3.05, 3.63) is 64.2 Å². The minimum absolute atomic E-state index is 0.284. The van der Waals surface area contributed by atoms with Crippen LogP contribution in [-0.2, 0) is 23.1 Å². The summed E-state index contributed by atoms with van der Waals surface area (Å²) in [6.45, 7) is 5.44. The summed E-state index contributed by atoms with van der Waals surface area (Å²) < 4.78 is 6.28. The highest BCUT2D eigenvalue weighted by atomic mass is 35.5. The fraction of sp³-hybridized carbons (Fsp3) is 0.536. The average Bonchev–Trinajstić information content (AvgIpc) is 2.77. The molecule has 3 nitrogen and oxygen atoms in total. The van der Waals surface area contributed by atoms with Crippen LogP contribution in [0.15, 0.2) is 42.5 Å². The third-order valence-electron chi connectivity index (χ3n) is 8.25. The summed E-state index contributed by atoms with van der Waals surface area (Å²) in [5.41, 5.74) is 4.20. The minimum atomic E-state index is 0.284. The van der Waals surface area contributed by atoms with Gasteiger partial charge in [0.25, 0.3) is 0 Å². The molecule has 2 unspecified atom stereocenters. The van der Waals surface area contributed by atoms with Gasteiger partial charge in [-0.1, -0.05) is 36.2 Å². The molecule has 1 saturated carbocycles. The van der Waals surface area contributed by atoms with Crippen LogP contribution in [-0.4, -0.2) is 36.4 Å². The average molecular weight is 452 g/mol. The Morgan fingerprint density at radius 3 is 2.62 bits per heavy atom. The molecule has 32 heavy (non-hydrogen) atoms. The summed E-state index contributed by atoms with van der Waals surface area (Å²) in [6.07, 6.45) is 8.42. The lowest BCUT2D eigenvalue weighted by atomic mass is 9.63. The fourth-order valence-electron chi connectivity index (χ4n) is 5.96. The molecular weight excluding hydrogens is 418 g/mol. The van der Waals surface area contributed by atoms with Crippen LogP contribution in [0.2, 0.25) is 5.02 Å². The Bertz CT molecular complexity index is 966. The zero-order valence-electron chi connectivity index (χ0n) is 19.1. The summed E-state index contributed by atoms with van der Waals surface area (Å²) in [7, 11) is 0. The van der Waals surface area contributed by atoms with E-state index in [1.807, 2.05) is 12.1 Å². The van der Waals surface area contributed by atoms with Gasteiger partial charge in [0.05, 0.1) is 6.61 Å². The second kappa shape index (κ2) is 9.19. The molecule has 2 atom stereocenters. The lowest BCUT2D eigenvalue weighted by Crippen LogP contribution is -2.53. The van der Waals surface area contributed by atoms with E-state index in [4.69, 9.17) is 16.3 Å². The molecule has 0 N–H and O–H groups in total. The van der Waals surface area contributed by atoms with Crippen LogP contribution in [0.25, 0.3) is 0 Å². The van der Waals surface area contributed by atoms with E-state index in [-0.39, 0.29) is 5.41 Å². The van der Waals surface area contributed by atoms with E-state index < -0.39 is 0 Å². The van der Waals surface area contributed by atoms with E-state index in [2.05, 4.69) is 42.2 Å². The van der Waals surface area contributed by atoms with Crippen LogP contribution in [0.5, 0.6) is 5.75 Å². The Labute approximate surface area is 197 Å². The van der Waals surface area contributed by atoms with Gasteiger partial charge in [0.1, 0.15) is 11.5 Å². The first-order chi connectivity index (χ1) is 15.5. The third-order valence-corrected chi connectivity index (χ3v) is 8.51. The predicted molar refractivity (Wildman–Crippen MR) is 130 cm³/mol. The highest BCUT2D eigenvalue weighted by molar-refractivity contribution is 6.30. The molecule has 4 heteroatoms. The summed E-state index contributed by atoms with van der Waals surface area (Å²) in [6, 6.07) is 15.4. The summed E-state index contributed by atoms with van der Waals surface area (Å²) in [4.78, 5) is 14.5. The number of carbonyl (C=O) groups excluding carboxylic acids is 1. The molecule has 2 fully saturated rings. The maximum Gasteiger partial charge on any atom is 0.137 e. The zero-order chi connectivity index (χ0) is 22.1. The molecule has 3 aliphatic rings. The van der Waals surface area contributed by atoms with Gasteiger partial charge >= 0.3 is 0 Å². The standard InChI is InChI=1S/C28H34ClNO2/c1-20-22(18-32-27-12-6-21-5-11-26(31)16-23(21)17-27)4-2-15-30(20)19-28(13-3-14-28)24-7-9-25(29)10-8-24/h6-10,12,17,20,22H,2-5,11,13-16,18-19H2,1H3. The van der Waals surface area contributed by atoms with Crippen LogP contribution < -0.4 is 4.74 Å². The number of piperidine rings is 1. The first-order valence-electron chi connectivity index (χ1n) is 12.3. The Balaban J connectivity index is 1.23. The molecule has 2 aliphatic carbocycles. The van der Waals surface area contributed by atoms with Gasteiger partial charge in [0.2, 0.25) is 0 Å². The van der Waals surface area contributed by atoms with Gasteiger partial charge < -0.3 is 4.74 Å². The quantitative estimate of drug-likeness (QED) is 0.539. The molecule has 0 amide bonds. The SMILES string of the molecule is CC1C(COc2ccc3c(c2)CC(=O)CC3)CCCN1CC1(c2ccc(Cl)cc2)CCC1. The van der Waals surface area contributed by atoms with Gasteiger partial charge in [0.15, 0.2) is 0 Å². The molecule has 0 aromatic heterocycles. The molecule has 1 saturated heterocycles. The van der Waals surface area contributed by atoms with Crippen molar-refractivity contribution >= 4 is 17.4 Å². The molecule has 2 aromatic rings. The van der Waals surface area contributed by atoms with Gasteiger partial charge in [-0.05, 0) is 86.5 Å². The van der Waals surface area contributed by atoms with E-state index in [1.54, 1.807) is 0 Å². The van der Waals surface area contributed by atoms with Crippen molar-refractivity contribution in [1.29, 1.82) is 0 Å². The molecule has 0 radical (unpaired) electrons. The first-order valence-corrected chi connectivity index (χ1v) is 12.7. The Morgan fingerprint density at radius 1 is 1.06 bits per heavy atom. The van der Waals surface area contributed by atoms with Crippen molar-refractivity contribution in [3.63, 3.8) is 0 Å². The minimum Gasteiger partial charge on any atom is -0.493 e. The van der Waals surface area contributed by atoms with Gasteiger partial charge in [-0.15, -0.1) is 0 Å². The largest absolute Gasteiger partial charge is 0.493 e. The van der Waals surface area contributed by atoms with Crippen molar-refractivity contribution in [2.24, 2.45) is 5.92 Å². The smallest absolute Gasteiger partial charge is 0.137 e. The molecular formula is C28H34ClNO2. The van der Waals surface area contributed by atoms with Gasteiger partial charge in [-0.25, -0.2) is 0 Å². The first kappa shape index (κ1) is 22.0. The molecule has 0 spiro atoms. The number of fused-ring (bicyclic) bond motifs is 1. The van der Waals surface area contributed by atoms with Crippen LogP contribution in [0.3, 0.4) is 0 Å². The summed E-state index contributed by atoms with van der Waals surface area (Å²) >= 11 is 6.15. The summed E-state index contributed by atoms with van der Waals surface area (Å²) in [5.74, 6) is 1.79. The Morgan fingerprint density at radius 2 is 1.88 bits per heavy atom. The predicted octanol–water partition coefficient (Wildman–Crippen LogP) is 6.00. The maximum absolute atomic E-state index is 11.8. The third kappa shape index (κ3) is 4.47. The fourth-order valence-corrected chi connectivity index (χ4v) is 6.08. The number of ether oxygens (including phenoxy) is 1. The highest BCUT2D eigenvalue weighted by Gasteiger charge is 2.42. The number of hydrogen-bond donors (Lipinski definition) is 0. The maximum atomic E-state index is 11.8. The second-order valence-electron chi connectivity index (χ2n) is 10.2. The van der Waals surface area contributed by atoms with E-state index in [0.29, 0.717) is 30.6 Å². The lowest BCUT2D eigenvalue weighted by Gasteiger charge is -2.49. The van der Waals surface area contributed by atoms with Crippen molar-refractivity contribution in [1.82, 2.24) is 4.90 Å². The van der Waals surface area contributed by atoms with Crippen molar-refractivity contribution in [2.75, 3.05) is 19.7 Å². The number of hydrogen-bond acceptors (Lipinski definition) is 3. The van der Waals surface area contributed by atoms with Crippen LogP contribution in [0.1, 0.15) is 62.1 Å². The number of Topliss-reactive ketones (excluding diaryl/α,β-unsaturated/α-hetero) is 1. The van der Waals surface area contributed by atoms with Gasteiger partial charge in [-0.3, -0.25) is 9.69 Å². The molecule has 2 aromatic carbocycles. The zero-order valence-corrected chi connectivity index (χ0v) is 19.9. The van der Waals surface area contributed by atoms with Crippen LogP contribution in [0, 0.1) is 5.92 Å². The van der Waals surface area contributed by atoms with Gasteiger partial charge in [-0.2, -0.15) is 0 Å². The molecule has 170 valence electrons. The Hall–Kier alpha value is -1.84. The molecule has 5 rings (SSSR count). The van der Waals surface area contributed by atoms with E-state index in [9.17, 15) is 4.79 Å². The van der Waals surface area contributed by atoms with Crippen LogP contribution in [0.4, 0.5) is 0 Å². The number of carbonyl (C=O) groups is 1. The monoisotopic (exact) mass is 451 g/mol. The number of nitrogens with zero attached hydrogens (tertiary/aromatic N) is 1. The lowest BCUT2D eigenvalue weighted by molar-refractivity contribution is -0.118. The highest BCUT2D eigenvalue weighted by Crippen LogP contribution is 2.45. The number of aryl methyl sites for hydroxylation is 1. The molecule has 0 bridgehead atoms. The number of benzene rings is 2.